The molecule has 1 saturated heterocycles. The number of carbonyl (C=O) groups is 2. The van der Waals surface area contributed by atoms with Crippen molar-refractivity contribution in [3.8, 4) is 0 Å². The van der Waals surface area contributed by atoms with Gasteiger partial charge >= 0.3 is 5.97 Å². The second-order valence-electron chi connectivity index (χ2n) is 7.41. The van der Waals surface area contributed by atoms with E-state index < -0.39 is 16.1 Å². The lowest BCUT2D eigenvalue weighted by Gasteiger charge is -2.33. The van der Waals surface area contributed by atoms with Gasteiger partial charge in [0.05, 0.1) is 12.0 Å². The van der Waals surface area contributed by atoms with E-state index in [2.05, 4.69) is 0 Å². The fourth-order valence-electron chi connectivity index (χ4n) is 4.23. The maximum Gasteiger partial charge on any atom is 0.328 e. The van der Waals surface area contributed by atoms with E-state index >= 15 is 0 Å². The first kappa shape index (κ1) is 19.8. The first-order chi connectivity index (χ1) is 12.8. The number of likely N-dealkylation sites (tertiary alicyclic amines) is 1. The molecule has 1 aliphatic carbocycles. The Morgan fingerprint density at radius 1 is 1.11 bits per heavy atom. The number of methoxy groups -OCH3 is 1. The van der Waals surface area contributed by atoms with Crippen LogP contribution in [0.4, 0.5) is 0 Å². The summed E-state index contributed by atoms with van der Waals surface area (Å²) in [5.41, 5.74) is 0.382. The van der Waals surface area contributed by atoms with Crippen LogP contribution < -0.4 is 0 Å². The smallest absolute Gasteiger partial charge is 0.328 e. The Hall–Kier alpha value is -1.93. The third-order valence-electron chi connectivity index (χ3n) is 5.68. The number of esters is 1. The molecule has 7 nitrogen and oxygen atoms in total. The van der Waals surface area contributed by atoms with Crippen LogP contribution in [-0.4, -0.2) is 62.8 Å². The SMILES string of the molecule is COC(=O)C1CC2CCCCC2N1C(=O)c1ccc(S(=O)(=O)N(C)C)cc1. The van der Waals surface area contributed by atoms with E-state index in [0.29, 0.717) is 17.9 Å². The zero-order chi connectivity index (χ0) is 19.8. The standard InChI is InChI=1S/C19H26N2O5S/c1-20(2)27(24,25)15-10-8-13(9-11-15)18(22)21-16-7-5-4-6-14(16)12-17(21)19(23)26-3/h8-11,14,16-17H,4-7,12H2,1-3H3. The molecule has 8 heteroatoms. The predicted octanol–water partition coefficient (Wildman–Crippen LogP) is 1.88. The Labute approximate surface area is 160 Å². The van der Waals surface area contributed by atoms with Crippen LogP contribution >= 0.6 is 0 Å². The number of amides is 1. The molecule has 148 valence electrons. The van der Waals surface area contributed by atoms with E-state index in [1.165, 1.54) is 45.5 Å². The highest BCUT2D eigenvalue weighted by Gasteiger charge is 2.48. The lowest BCUT2D eigenvalue weighted by molar-refractivity contribution is -0.145. The van der Waals surface area contributed by atoms with Gasteiger partial charge in [-0.25, -0.2) is 17.5 Å². The third kappa shape index (κ3) is 3.60. The van der Waals surface area contributed by atoms with Crippen molar-refractivity contribution in [1.82, 2.24) is 9.21 Å². The maximum absolute atomic E-state index is 13.2. The molecule has 3 atom stereocenters. The summed E-state index contributed by atoms with van der Waals surface area (Å²) in [4.78, 5) is 27.3. The number of fused-ring (bicyclic) bond motifs is 1. The molecule has 1 amide bonds. The van der Waals surface area contributed by atoms with Gasteiger partial charge in [0.1, 0.15) is 6.04 Å². The largest absolute Gasteiger partial charge is 0.467 e. The Kier molecular flexibility index (Phi) is 5.58. The van der Waals surface area contributed by atoms with Crippen LogP contribution in [0.1, 0.15) is 42.5 Å². The lowest BCUT2D eigenvalue weighted by atomic mass is 9.84. The number of rotatable bonds is 4. The highest BCUT2D eigenvalue weighted by atomic mass is 32.2. The minimum Gasteiger partial charge on any atom is -0.467 e. The number of benzene rings is 1. The summed E-state index contributed by atoms with van der Waals surface area (Å²) in [6, 6.07) is 5.38. The molecular formula is C19H26N2O5S. The van der Waals surface area contributed by atoms with E-state index in [-0.39, 0.29) is 22.8 Å². The lowest BCUT2D eigenvalue weighted by Crippen LogP contribution is -2.46. The molecule has 1 aromatic rings. The molecule has 1 saturated carbocycles. The Morgan fingerprint density at radius 2 is 1.74 bits per heavy atom. The summed E-state index contributed by atoms with van der Waals surface area (Å²) in [7, 11) is 0.712. The zero-order valence-corrected chi connectivity index (χ0v) is 16.7. The summed E-state index contributed by atoms with van der Waals surface area (Å²) in [5, 5.41) is 0. The molecule has 0 bridgehead atoms. The van der Waals surface area contributed by atoms with E-state index in [1.807, 2.05) is 0 Å². The molecule has 0 spiro atoms. The second-order valence-corrected chi connectivity index (χ2v) is 9.56. The van der Waals surface area contributed by atoms with Gasteiger partial charge in [0.25, 0.3) is 5.91 Å². The number of ether oxygens (including phenoxy) is 1. The average molecular weight is 394 g/mol. The number of nitrogens with zero attached hydrogens (tertiary/aromatic N) is 2. The average Bonchev–Trinajstić information content (AvgIpc) is 3.06. The molecule has 3 unspecified atom stereocenters. The summed E-state index contributed by atoms with van der Waals surface area (Å²) < 4.78 is 30.5. The second kappa shape index (κ2) is 7.59. The number of hydrogen-bond donors (Lipinski definition) is 0. The van der Waals surface area contributed by atoms with Crippen LogP contribution in [0.3, 0.4) is 0 Å². The van der Waals surface area contributed by atoms with Crippen molar-refractivity contribution in [3.63, 3.8) is 0 Å². The third-order valence-corrected chi connectivity index (χ3v) is 7.50. The zero-order valence-electron chi connectivity index (χ0n) is 15.9. The van der Waals surface area contributed by atoms with E-state index in [0.717, 1.165) is 30.0 Å². The molecule has 1 heterocycles. The Bertz CT molecular complexity index is 819. The highest BCUT2D eigenvalue weighted by molar-refractivity contribution is 7.89. The summed E-state index contributed by atoms with van der Waals surface area (Å²) in [6.07, 6.45) is 4.70. The monoisotopic (exact) mass is 394 g/mol. The first-order valence-electron chi connectivity index (χ1n) is 9.20. The van der Waals surface area contributed by atoms with Gasteiger partial charge in [-0.1, -0.05) is 12.8 Å². The van der Waals surface area contributed by atoms with Gasteiger partial charge in [-0.3, -0.25) is 4.79 Å². The number of hydrogen-bond acceptors (Lipinski definition) is 5. The molecule has 2 aliphatic rings. The van der Waals surface area contributed by atoms with Gasteiger partial charge < -0.3 is 9.64 Å². The Balaban J connectivity index is 1.89. The van der Waals surface area contributed by atoms with Crippen LogP contribution in [0.2, 0.25) is 0 Å². The fraction of sp³-hybridized carbons (Fsp3) is 0.579. The molecular weight excluding hydrogens is 368 g/mol. The van der Waals surface area contributed by atoms with E-state index in [4.69, 9.17) is 4.74 Å². The summed E-state index contributed by atoms with van der Waals surface area (Å²) in [5.74, 6) is -0.307. The maximum atomic E-state index is 13.2. The molecule has 3 rings (SSSR count). The van der Waals surface area contributed by atoms with Gasteiger partial charge in [-0.05, 0) is 49.4 Å². The van der Waals surface area contributed by atoms with Gasteiger partial charge in [0.15, 0.2) is 0 Å². The predicted molar refractivity (Wildman–Crippen MR) is 99.7 cm³/mol. The van der Waals surface area contributed by atoms with Crippen molar-refractivity contribution in [3.05, 3.63) is 29.8 Å². The minimum atomic E-state index is -3.55. The summed E-state index contributed by atoms with van der Waals surface area (Å²) in [6.45, 7) is 0. The van der Waals surface area contributed by atoms with Gasteiger partial charge in [-0.2, -0.15) is 0 Å². The van der Waals surface area contributed by atoms with E-state index in [1.54, 1.807) is 4.90 Å². The normalized spacial score (nSPS) is 25.3. The van der Waals surface area contributed by atoms with Gasteiger partial charge in [0, 0.05) is 25.7 Å². The van der Waals surface area contributed by atoms with Crippen LogP contribution in [0, 0.1) is 5.92 Å². The van der Waals surface area contributed by atoms with Crippen molar-refractivity contribution in [2.45, 2.75) is 49.1 Å². The van der Waals surface area contributed by atoms with Crippen LogP contribution in [0.15, 0.2) is 29.2 Å². The molecule has 1 aromatic carbocycles. The minimum absolute atomic E-state index is 0.0422. The first-order valence-corrected chi connectivity index (χ1v) is 10.6. The molecule has 0 aromatic heterocycles. The van der Waals surface area contributed by atoms with Crippen molar-refractivity contribution < 1.29 is 22.7 Å². The van der Waals surface area contributed by atoms with Crippen LogP contribution in [0.25, 0.3) is 0 Å². The fourth-order valence-corrected chi connectivity index (χ4v) is 5.13. The topological polar surface area (TPSA) is 84.0 Å². The van der Waals surface area contributed by atoms with Crippen molar-refractivity contribution in [2.75, 3.05) is 21.2 Å². The van der Waals surface area contributed by atoms with Crippen molar-refractivity contribution in [2.24, 2.45) is 5.92 Å². The number of sulfonamides is 1. The summed E-state index contributed by atoms with van der Waals surface area (Å²) >= 11 is 0. The van der Waals surface area contributed by atoms with Crippen molar-refractivity contribution >= 4 is 21.9 Å². The van der Waals surface area contributed by atoms with Gasteiger partial charge in [0.2, 0.25) is 10.0 Å². The quantitative estimate of drug-likeness (QED) is 0.728. The molecule has 0 N–H and O–H groups in total. The van der Waals surface area contributed by atoms with Gasteiger partial charge in [-0.15, -0.1) is 0 Å². The van der Waals surface area contributed by atoms with Crippen LogP contribution in [-0.2, 0) is 19.6 Å². The highest BCUT2D eigenvalue weighted by Crippen LogP contribution is 2.40. The molecule has 27 heavy (non-hydrogen) atoms. The van der Waals surface area contributed by atoms with Crippen LogP contribution in [0.5, 0.6) is 0 Å². The molecule has 0 radical (unpaired) electrons. The molecule has 2 fully saturated rings. The Morgan fingerprint density at radius 3 is 2.33 bits per heavy atom. The van der Waals surface area contributed by atoms with E-state index in [9.17, 15) is 18.0 Å². The molecule has 1 aliphatic heterocycles. The van der Waals surface area contributed by atoms with Crippen molar-refractivity contribution in [1.29, 1.82) is 0 Å². The number of carbonyl (C=O) groups excluding carboxylic acids is 2.